The SMILES string of the molecule is COc1cccc(N2CC(CNC(=O)c3ccc(OCCOC(C)(C)C)nc3)OC2=O)c1. The zero-order chi connectivity index (χ0) is 23.1. The van der Waals surface area contributed by atoms with E-state index in [4.69, 9.17) is 18.9 Å². The Hall–Kier alpha value is -3.33. The molecule has 1 fully saturated rings. The van der Waals surface area contributed by atoms with Crippen LogP contribution < -0.4 is 19.7 Å². The first kappa shape index (κ1) is 23.3. The van der Waals surface area contributed by atoms with Crippen LogP contribution in [0.3, 0.4) is 0 Å². The van der Waals surface area contributed by atoms with Gasteiger partial charge in [0.25, 0.3) is 5.91 Å². The van der Waals surface area contributed by atoms with Gasteiger partial charge >= 0.3 is 6.09 Å². The number of benzene rings is 1. The predicted molar refractivity (Wildman–Crippen MR) is 118 cm³/mol. The first-order valence-electron chi connectivity index (χ1n) is 10.4. The fourth-order valence-electron chi connectivity index (χ4n) is 3.02. The van der Waals surface area contributed by atoms with Crippen LogP contribution in [0.25, 0.3) is 0 Å². The summed E-state index contributed by atoms with van der Waals surface area (Å²) in [6, 6.07) is 10.4. The molecule has 32 heavy (non-hydrogen) atoms. The lowest BCUT2D eigenvalue weighted by atomic mass is 10.2. The van der Waals surface area contributed by atoms with Gasteiger partial charge in [0.2, 0.25) is 5.88 Å². The summed E-state index contributed by atoms with van der Waals surface area (Å²) in [7, 11) is 1.56. The normalized spacial score (nSPS) is 15.9. The van der Waals surface area contributed by atoms with E-state index in [1.54, 1.807) is 43.5 Å². The van der Waals surface area contributed by atoms with E-state index in [2.05, 4.69) is 10.3 Å². The second-order valence-electron chi connectivity index (χ2n) is 8.22. The van der Waals surface area contributed by atoms with Crippen molar-refractivity contribution in [1.29, 1.82) is 0 Å². The Bertz CT molecular complexity index is 926. The lowest BCUT2D eigenvalue weighted by Gasteiger charge is -2.19. The number of cyclic esters (lactones) is 1. The molecule has 2 amide bonds. The molecule has 0 spiro atoms. The molecule has 1 aromatic carbocycles. The second kappa shape index (κ2) is 10.3. The summed E-state index contributed by atoms with van der Waals surface area (Å²) in [4.78, 5) is 30.3. The Kier molecular flexibility index (Phi) is 7.53. The van der Waals surface area contributed by atoms with Crippen LogP contribution in [0, 0.1) is 0 Å². The number of pyridine rings is 1. The molecule has 2 heterocycles. The maximum absolute atomic E-state index is 12.4. The molecule has 9 heteroatoms. The van der Waals surface area contributed by atoms with Gasteiger partial charge in [0.15, 0.2) is 0 Å². The number of anilines is 1. The Morgan fingerprint density at radius 2 is 2.06 bits per heavy atom. The van der Waals surface area contributed by atoms with Gasteiger partial charge in [-0.1, -0.05) is 6.07 Å². The summed E-state index contributed by atoms with van der Waals surface area (Å²) >= 11 is 0. The Morgan fingerprint density at radius 3 is 2.75 bits per heavy atom. The Morgan fingerprint density at radius 1 is 1.25 bits per heavy atom. The van der Waals surface area contributed by atoms with Crippen LogP contribution in [-0.2, 0) is 9.47 Å². The molecule has 0 bridgehead atoms. The van der Waals surface area contributed by atoms with Gasteiger partial charge in [-0.3, -0.25) is 9.69 Å². The highest BCUT2D eigenvalue weighted by Gasteiger charge is 2.32. The van der Waals surface area contributed by atoms with Crippen molar-refractivity contribution in [3.63, 3.8) is 0 Å². The fraction of sp³-hybridized carbons (Fsp3) is 0.435. The van der Waals surface area contributed by atoms with Gasteiger partial charge in [-0.05, 0) is 39.0 Å². The average Bonchev–Trinajstić information content (AvgIpc) is 3.15. The minimum Gasteiger partial charge on any atom is -0.497 e. The maximum Gasteiger partial charge on any atom is 0.414 e. The highest BCUT2D eigenvalue weighted by molar-refractivity contribution is 5.94. The van der Waals surface area contributed by atoms with Gasteiger partial charge in [-0.15, -0.1) is 0 Å². The monoisotopic (exact) mass is 443 g/mol. The third-order valence-electron chi connectivity index (χ3n) is 4.60. The molecule has 1 aliphatic rings. The number of carbonyl (C=O) groups is 2. The van der Waals surface area contributed by atoms with Crippen molar-refractivity contribution in [2.24, 2.45) is 0 Å². The maximum atomic E-state index is 12.4. The molecule has 1 N–H and O–H groups in total. The van der Waals surface area contributed by atoms with Gasteiger partial charge in [0.1, 0.15) is 18.5 Å². The molecule has 3 rings (SSSR count). The van der Waals surface area contributed by atoms with Crippen LogP contribution in [0.4, 0.5) is 10.5 Å². The van der Waals surface area contributed by atoms with E-state index in [-0.39, 0.29) is 18.1 Å². The molecule has 0 aliphatic carbocycles. The smallest absolute Gasteiger partial charge is 0.414 e. The molecule has 2 aromatic rings. The highest BCUT2D eigenvalue weighted by Crippen LogP contribution is 2.25. The first-order valence-corrected chi connectivity index (χ1v) is 10.4. The second-order valence-corrected chi connectivity index (χ2v) is 8.22. The van der Waals surface area contributed by atoms with Crippen molar-refractivity contribution in [3.05, 3.63) is 48.2 Å². The summed E-state index contributed by atoms with van der Waals surface area (Å²) in [5.41, 5.74) is 0.838. The minimum absolute atomic E-state index is 0.188. The van der Waals surface area contributed by atoms with Crippen LogP contribution in [0.2, 0.25) is 0 Å². The van der Waals surface area contributed by atoms with Crippen molar-refractivity contribution < 1.29 is 28.5 Å². The van der Waals surface area contributed by atoms with E-state index < -0.39 is 12.2 Å². The number of hydrogen-bond acceptors (Lipinski definition) is 7. The van der Waals surface area contributed by atoms with Gasteiger partial charge in [0.05, 0.1) is 43.7 Å². The number of ether oxygens (including phenoxy) is 4. The first-order chi connectivity index (χ1) is 15.2. The van der Waals surface area contributed by atoms with Crippen LogP contribution in [0.15, 0.2) is 42.6 Å². The van der Waals surface area contributed by atoms with E-state index >= 15 is 0 Å². The van der Waals surface area contributed by atoms with Gasteiger partial charge in [0, 0.05) is 18.3 Å². The Labute approximate surface area is 187 Å². The summed E-state index contributed by atoms with van der Waals surface area (Å²) in [6.07, 6.45) is 0.519. The topological polar surface area (TPSA) is 99.2 Å². The summed E-state index contributed by atoms with van der Waals surface area (Å²) < 4.78 is 21.7. The van der Waals surface area contributed by atoms with Crippen LogP contribution in [0.5, 0.6) is 11.6 Å². The van der Waals surface area contributed by atoms with E-state index in [1.165, 1.54) is 11.1 Å². The highest BCUT2D eigenvalue weighted by atomic mass is 16.6. The van der Waals surface area contributed by atoms with Crippen LogP contribution in [0.1, 0.15) is 31.1 Å². The molecule has 1 aromatic heterocycles. The van der Waals surface area contributed by atoms with Crippen LogP contribution in [-0.4, -0.2) is 62.1 Å². The van der Waals surface area contributed by atoms with E-state index in [9.17, 15) is 9.59 Å². The molecule has 0 saturated carbocycles. The van der Waals surface area contributed by atoms with Crippen molar-refractivity contribution in [2.75, 3.05) is 38.3 Å². The van der Waals surface area contributed by atoms with Crippen molar-refractivity contribution >= 4 is 17.7 Å². The van der Waals surface area contributed by atoms with Gasteiger partial charge < -0.3 is 24.3 Å². The zero-order valence-corrected chi connectivity index (χ0v) is 18.8. The number of methoxy groups -OCH3 is 1. The average molecular weight is 444 g/mol. The number of nitrogens with zero attached hydrogens (tertiary/aromatic N) is 2. The number of nitrogens with one attached hydrogen (secondary N) is 1. The van der Waals surface area contributed by atoms with E-state index in [1.807, 2.05) is 20.8 Å². The van der Waals surface area contributed by atoms with Crippen LogP contribution >= 0.6 is 0 Å². The molecular weight excluding hydrogens is 414 g/mol. The molecule has 172 valence electrons. The number of hydrogen-bond donors (Lipinski definition) is 1. The number of carbonyl (C=O) groups excluding carboxylic acids is 2. The summed E-state index contributed by atoms with van der Waals surface area (Å²) in [5, 5.41) is 2.78. The summed E-state index contributed by atoms with van der Waals surface area (Å²) in [6.45, 7) is 7.25. The predicted octanol–water partition coefficient (Wildman–Crippen LogP) is 3.04. The van der Waals surface area contributed by atoms with Crippen molar-refractivity contribution in [3.8, 4) is 11.6 Å². The number of rotatable bonds is 9. The molecule has 9 nitrogen and oxygen atoms in total. The van der Waals surface area contributed by atoms with E-state index in [0.29, 0.717) is 42.6 Å². The molecule has 1 unspecified atom stereocenters. The van der Waals surface area contributed by atoms with Crippen molar-refractivity contribution in [1.82, 2.24) is 10.3 Å². The van der Waals surface area contributed by atoms with Crippen molar-refractivity contribution in [2.45, 2.75) is 32.5 Å². The largest absolute Gasteiger partial charge is 0.497 e. The molecular formula is C23H29N3O6. The van der Waals surface area contributed by atoms with Gasteiger partial charge in [-0.25, -0.2) is 9.78 Å². The zero-order valence-electron chi connectivity index (χ0n) is 18.8. The molecule has 1 saturated heterocycles. The van der Waals surface area contributed by atoms with Gasteiger partial charge in [-0.2, -0.15) is 0 Å². The fourth-order valence-corrected chi connectivity index (χ4v) is 3.02. The van der Waals surface area contributed by atoms with E-state index in [0.717, 1.165) is 0 Å². The third kappa shape index (κ3) is 6.58. The molecule has 0 radical (unpaired) electrons. The number of aromatic nitrogens is 1. The number of amides is 2. The standard InChI is InChI=1S/C23H29N3O6/c1-23(2,3)31-11-10-30-20-9-8-16(13-24-20)21(27)25-14-19-15-26(22(28)32-19)17-6-5-7-18(12-17)29-4/h5-9,12-13,19H,10-11,14-15H2,1-4H3,(H,25,27). The Balaban J connectivity index is 1.45. The lowest BCUT2D eigenvalue weighted by molar-refractivity contribution is -0.0168. The molecule has 1 atom stereocenters. The third-order valence-corrected chi connectivity index (χ3v) is 4.60. The minimum atomic E-state index is -0.462. The quantitative estimate of drug-likeness (QED) is 0.595. The molecule has 1 aliphatic heterocycles. The summed E-state index contributed by atoms with van der Waals surface area (Å²) in [5.74, 6) is 0.752. The lowest BCUT2D eigenvalue weighted by Crippen LogP contribution is -2.34.